The Balaban J connectivity index is 2.34. The van der Waals surface area contributed by atoms with Gasteiger partial charge in [-0.15, -0.1) is 0 Å². The quantitative estimate of drug-likeness (QED) is 0.563. The Labute approximate surface area is 125 Å². The van der Waals surface area contributed by atoms with Gasteiger partial charge < -0.3 is 0 Å². The second-order valence-electron chi connectivity index (χ2n) is 4.44. The Morgan fingerprint density at radius 2 is 1.79 bits per heavy atom. The van der Waals surface area contributed by atoms with Gasteiger partial charge >= 0.3 is 0 Å². The van der Waals surface area contributed by atoms with Crippen LogP contribution in [0.3, 0.4) is 0 Å². The van der Waals surface area contributed by atoms with E-state index >= 15 is 0 Å². The molecule has 0 saturated heterocycles. The number of benzene rings is 2. The number of nitrogens with zero attached hydrogens (tertiary/aromatic N) is 1. The van der Waals surface area contributed by atoms with Gasteiger partial charge in [-0.2, -0.15) is 0 Å². The Morgan fingerprint density at radius 1 is 1.05 bits per heavy atom. The molecule has 3 rings (SSSR count). The van der Waals surface area contributed by atoms with Gasteiger partial charge in [-0.25, -0.2) is 4.98 Å². The second-order valence-corrected chi connectivity index (χ2v) is 5.70. The van der Waals surface area contributed by atoms with Gasteiger partial charge in [0.2, 0.25) is 0 Å². The summed E-state index contributed by atoms with van der Waals surface area (Å²) in [6.45, 7) is 2.05. The summed E-state index contributed by atoms with van der Waals surface area (Å²) < 4.78 is 0.966. The second kappa shape index (κ2) is 4.95. The van der Waals surface area contributed by atoms with E-state index in [9.17, 15) is 0 Å². The number of fused-ring (bicyclic) bond motifs is 1. The molecule has 0 aliphatic heterocycles. The molecule has 0 unspecified atom stereocenters. The van der Waals surface area contributed by atoms with Crippen molar-refractivity contribution in [3.63, 3.8) is 0 Å². The lowest BCUT2D eigenvalue weighted by atomic mass is 10.1. The van der Waals surface area contributed by atoms with Crippen molar-refractivity contribution in [1.29, 1.82) is 0 Å². The summed E-state index contributed by atoms with van der Waals surface area (Å²) in [6, 6.07) is 16.0. The Morgan fingerprint density at radius 3 is 2.53 bits per heavy atom. The highest BCUT2D eigenvalue weighted by atomic mass is 79.9. The van der Waals surface area contributed by atoms with Crippen LogP contribution in [-0.4, -0.2) is 4.98 Å². The smallest absolute Gasteiger partial charge is 0.0869 e. The predicted molar refractivity (Wildman–Crippen MR) is 84.6 cm³/mol. The first-order valence-corrected chi connectivity index (χ1v) is 7.14. The van der Waals surface area contributed by atoms with E-state index in [4.69, 9.17) is 16.6 Å². The standard InChI is InChI=1S/C16H11BrClN/c1-10-7-8-12(17)16-15(10)13(18)9-14(19-16)11-5-3-2-4-6-11/h2-9H,1H3. The molecule has 1 aromatic heterocycles. The van der Waals surface area contributed by atoms with Crippen LogP contribution in [0.5, 0.6) is 0 Å². The molecule has 0 atom stereocenters. The molecule has 0 aliphatic rings. The first-order chi connectivity index (χ1) is 9.16. The third-order valence-electron chi connectivity index (χ3n) is 3.14. The van der Waals surface area contributed by atoms with Crippen molar-refractivity contribution < 1.29 is 0 Å². The molecule has 94 valence electrons. The average Bonchev–Trinajstić information content (AvgIpc) is 2.43. The van der Waals surface area contributed by atoms with Crippen molar-refractivity contribution in [2.24, 2.45) is 0 Å². The van der Waals surface area contributed by atoms with Crippen LogP contribution in [0.4, 0.5) is 0 Å². The number of hydrogen-bond acceptors (Lipinski definition) is 1. The Hall–Kier alpha value is -1.38. The van der Waals surface area contributed by atoms with E-state index in [-0.39, 0.29) is 0 Å². The number of rotatable bonds is 1. The minimum absolute atomic E-state index is 0.739. The van der Waals surface area contributed by atoms with Gasteiger partial charge in [0.25, 0.3) is 0 Å². The molecule has 0 N–H and O–H groups in total. The van der Waals surface area contributed by atoms with Gasteiger partial charge in [0.1, 0.15) is 0 Å². The summed E-state index contributed by atoms with van der Waals surface area (Å²) in [6.07, 6.45) is 0. The topological polar surface area (TPSA) is 12.9 Å². The summed E-state index contributed by atoms with van der Waals surface area (Å²) in [4.78, 5) is 4.74. The van der Waals surface area contributed by atoms with Crippen LogP contribution in [0.2, 0.25) is 5.02 Å². The van der Waals surface area contributed by atoms with Crippen molar-refractivity contribution >= 4 is 38.4 Å². The molecule has 19 heavy (non-hydrogen) atoms. The fraction of sp³-hybridized carbons (Fsp3) is 0.0625. The van der Waals surface area contributed by atoms with E-state index < -0.39 is 0 Å². The zero-order chi connectivity index (χ0) is 13.4. The summed E-state index contributed by atoms with van der Waals surface area (Å²) in [5.41, 5.74) is 4.01. The summed E-state index contributed by atoms with van der Waals surface area (Å²) >= 11 is 9.98. The van der Waals surface area contributed by atoms with Gasteiger partial charge in [-0.3, -0.25) is 0 Å². The fourth-order valence-electron chi connectivity index (χ4n) is 2.18. The van der Waals surface area contributed by atoms with Crippen molar-refractivity contribution in [2.45, 2.75) is 6.92 Å². The molecule has 0 radical (unpaired) electrons. The van der Waals surface area contributed by atoms with Crippen molar-refractivity contribution in [3.8, 4) is 11.3 Å². The molecule has 1 nitrogen and oxygen atoms in total. The van der Waals surface area contributed by atoms with Crippen LogP contribution in [0.25, 0.3) is 22.2 Å². The minimum atomic E-state index is 0.739. The molecule has 0 aliphatic carbocycles. The van der Waals surface area contributed by atoms with E-state index in [0.29, 0.717) is 0 Å². The van der Waals surface area contributed by atoms with E-state index in [1.807, 2.05) is 55.5 Å². The molecule has 0 amide bonds. The normalized spacial score (nSPS) is 10.9. The molecular weight excluding hydrogens is 322 g/mol. The van der Waals surface area contributed by atoms with Crippen LogP contribution in [0.1, 0.15) is 5.56 Å². The van der Waals surface area contributed by atoms with Gasteiger partial charge in [0, 0.05) is 15.4 Å². The van der Waals surface area contributed by atoms with Crippen LogP contribution >= 0.6 is 27.5 Å². The number of halogens is 2. The van der Waals surface area contributed by atoms with Gasteiger partial charge in [-0.1, -0.05) is 48.0 Å². The lowest BCUT2D eigenvalue weighted by molar-refractivity contribution is 1.37. The molecular formula is C16H11BrClN. The highest BCUT2D eigenvalue weighted by molar-refractivity contribution is 9.10. The largest absolute Gasteiger partial charge is 0.246 e. The number of hydrogen-bond donors (Lipinski definition) is 0. The lowest BCUT2D eigenvalue weighted by Gasteiger charge is -2.09. The molecule has 0 fully saturated rings. The van der Waals surface area contributed by atoms with Crippen LogP contribution in [0, 0.1) is 6.92 Å². The van der Waals surface area contributed by atoms with Crippen LogP contribution < -0.4 is 0 Å². The molecule has 3 aromatic rings. The lowest BCUT2D eigenvalue weighted by Crippen LogP contribution is -1.90. The molecule has 0 saturated carbocycles. The van der Waals surface area contributed by atoms with Gasteiger partial charge in [0.05, 0.1) is 16.2 Å². The molecule has 0 spiro atoms. The Kier molecular flexibility index (Phi) is 3.29. The van der Waals surface area contributed by atoms with Gasteiger partial charge in [0.15, 0.2) is 0 Å². The maximum Gasteiger partial charge on any atom is 0.0869 e. The zero-order valence-electron chi connectivity index (χ0n) is 10.3. The number of pyridine rings is 1. The van der Waals surface area contributed by atoms with Crippen LogP contribution in [0.15, 0.2) is 53.0 Å². The van der Waals surface area contributed by atoms with E-state index in [1.165, 1.54) is 0 Å². The van der Waals surface area contributed by atoms with E-state index in [2.05, 4.69) is 15.9 Å². The number of aromatic nitrogens is 1. The summed E-state index contributed by atoms with van der Waals surface area (Å²) in [5.74, 6) is 0. The number of aryl methyl sites for hydroxylation is 1. The van der Waals surface area contributed by atoms with E-state index in [1.54, 1.807) is 0 Å². The minimum Gasteiger partial charge on any atom is -0.246 e. The van der Waals surface area contributed by atoms with Crippen molar-refractivity contribution in [2.75, 3.05) is 0 Å². The first-order valence-electron chi connectivity index (χ1n) is 5.97. The SMILES string of the molecule is Cc1ccc(Br)c2nc(-c3ccccc3)cc(Cl)c12. The fourth-order valence-corrected chi connectivity index (χ4v) is 2.94. The van der Waals surface area contributed by atoms with Crippen molar-refractivity contribution in [1.82, 2.24) is 4.98 Å². The molecule has 1 heterocycles. The third-order valence-corrected chi connectivity index (χ3v) is 4.08. The average molecular weight is 333 g/mol. The predicted octanol–water partition coefficient (Wildman–Crippen LogP) is 5.63. The first kappa shape index (κ1) is 12.6. The summed E-state index contributed by atoms with van der Waals surface area (Å²) in [7, 11) is 0. The molecule has 2 aromatic carbocycles. The Bertz CT molecular complexity index is 754. The third kappa shape index (κ3) is 2.26. The monoisotopic (exact) mass is 331 g/mol. The van der Waals surface area contributed by atoms with E-state index in [0.717, 1.165) is 37.2 Å². The maximum absolute atomic E-state index is 6.43. The van der Waals surface area contributed by atoms with Gasteiger partial charge in [-0.05, 0) is 40.5 Å². The van der Waals surface area contributed by atoms with Crippen LogP contribution in [-0.2, 0) is 0 Å². The van der Waals surface area contributed by atoms with Crippen molar-refractivity contribution in [3.05, 3.63) is 63.6 Å². The molecule has 0 bridgehead atoms. The highest BCUT2D eigenvalue weighted by Crippen LogP contribution is 2.33. The summed E-state index contributed by atoms with van der Waals surface area (Å²) in [5, 5.41) is 1.75. The molecule has 3 heteroatoms. The highest BCUT2D eigenvalue weighted by Gasteiger charge is 2.10. The zero-order valence-corrected chi connectivity index (χ0v) is 12.7. The maximum atomic E-state index is 6.43.